The number of piperidine rings is 2. The molecule has 190 valence electrons. The summed E-state index contributed by atoms with van der Waals surface area (Å²) in [6.07, 6.45) is 8.60. The van der Waals surface area contributed by atoms with Gasteiger partial charge < -0.3 is 19.7 Å². The number of nitrogens with one attached hydrogen (secondary N) is 1. The Kier molecular flexibility index (Phi) is 6.44. The topological polar surface area (TPSA) is 55.7 Å². The third-order valence-electron chi connectivity index (χ3n) is 8.37. The van der Waals surface area contributed by atoms with Crippen molar-refractivity contribution in [2.24, 2.45) is 5.41 Å². The van der Waals surface area contributed by atoms with Gasteiger partial charge in [-0.1, -0.05) is 0 Å². The highest BCUT2D eigenvalue weighted by Crippen LogP contribution is 2.41. The van der Waals surface area contributed by atoms with Gasteiger partial charge in [-0.15, -0.1) is 0 Å². The van der Waals surface area contributed by atoms with E-state index in [-0.39, 0.29) is 17.5 Å². The number of benzene rings is 2. The zero-order chi connectivity index (χ0) is 24.5. The van der Waals surface area contributed by atoms with E-state index in [1.54, 1.807) is 12.3 Å². The molecule has 36 heavy (non-hydrogen) atoms. The molecule has 3 aromatic rings. The highest BCUT2D eigenvalue weighted by Gasteiger charge is 2.36. The first-order valence-corrected chi connectivity index (χ1v) is 13.3. The van der Waals surface area contributed by atoms with Crippen molar-refractivity contribution >= 4 is 16.5 Å². The monoisotopic (exact) mass is 491 g/mol. The van der Waals surface area contributed by atoms with E-state index in [0.29, 0.717) is 28.8 Å². The first kappa shape index (κ1) is 23.5. The van der Waals surface area contributed by atoms with Crippen LogP contribution in [-0.4, -0.2) is 50.1 Å². The SMILES string of the molecule is O=c1c2ccc(OC[C@H]3CCCO3)cc2ccn1-c1ccc(N2CCC3(CCNCC3)CC2)c(F)c1. The zero-order valence-corrected chi connectivity index (χ0v) is 20.7. The number of hydrogen-bond acceptors (Lipinski definition) is 5. The molecule has 0 unspecified atom stereocenters. The molecule has 1 atom stereocenters. The second-order valence-corrected chi connectivity index (χ2v) is 10.6. The third-order valence-corrected chi connectivity index (χ3v) is 8.37. The lowest BCUT2D eigenvalue weighted by atomic mass is 9.71. The van der Waals surface area contributed by atoms with Gasteiger partial charge in [0.15, 0.2) is 0 Å². The van der Waals surface area contributed by atoms with E-state index < -0.39 is 0 Å². The molecule has 3 fully saturated rings. The van der Waals surface area contributed by atoms with Gasteiger partial charge in [-0.2, -0.15) is 0 Å². The van der Waals surface area contributed by atoms with Gasteiger partial charge >= 0.3 is 0 Å². The van der Waals surface area contributed by atoms with E-state index in [9.17, 15) is 4.79 Å². The van der Waals surface area contributed by atoms with Crippen LogP contribution in [0.4, 0.5) is 10.1 Å². The minimum atomic E-state index is -0.279. The van der Waals surface area contributed by atoms with E-state index in [0.717, 1.165) is 69.6 Å². The number of hydrogen-bond donors (Lipinski definition) is 1. The van der Waals surface area contributed by atoms with Crippen molar-refractivity contribution in [3.63, 3.8) is 0 Å². The van der Waals surface area contributed by atoms with Crippen molar-refractivity contribution < 1.29 is 13.9 Å². The normalized spacial score (nSPS) is 21.8. The van der Waals surface area contributed by atoms with Gasteiger partial charge in [0.25, 0.3) is 5.56 Å². The lowest BCUT2D eigenvalue weighted by molar-refractivity contribution is 0.0680. The Labute approximate surface area is 211 Å². The second kappa shape index (κ2) is 9.87. The molecule has 0 amide bonds. The van der Waals surface area contributed by atoms with Gasteiger partial charge in [0.1, 0.15) is 18.2 Å². The molecule has 6 nitrogen and oxygen atoms in total. The molecule has 1 N–H and O–H groups in total. The van der Waals surface area contributed by atoms with Gasteiger partial charge in [-0.05, 0) is 98.8 Å². The van der Waals surface area contributed by atoms with Crippen LogP contribution in [0.5, 0.6) is 5.75 Å². The van der Waals surface area contributed by atoms with Crippen molar-refractivity contribution in [3.8, 4) is 11.4 Å². The molecule has 3 aliphatic rings. The van der Waals surface area contributed by atoms with Crippen molar-refractivity contribution in [1.29, 1.82) is 0 Å². The Morgan fingerprint density at radius 2 is 1.89 bits per heavy atom. The van der Waals surface area contributed by atoms with Gasteiger partial charge in [0, 0.05) is 37.3 Å². The highest BCUT2D eigenvalue weighted by molar-refractivity contribution is 5.83. The maximum Gasteiger partial charge on any atom is 0.262 e. The predicted molar refractivity (Wildman–Crippen MR) is 140 cm³/mol. The second-order valence-electron chi connectivity index (χ2n) is 10.6. The van der Waals surface area contributed by atoms with E-state index in [1.165, 1.54) is 23.5 Å². The first-order valence-electron chi connectivity index (χ1n) is 13.3. The zero-order valence-electron chi connectivity index (χ0n) is 20.7. The molecule has 3 aliphatic heterocycles. The number of halogens is 1. The Hall–Kier alpha value is -2.90. The molecular formula is C29H34FN3O3. The molecule has 7 heteroatoms. The van der Waals surface area contributed by atoms with Gasteiger partial charge in [0.2, 0.25) is 0 Å². The quantitative estimate of drug-likeness (QED) is 0.563. The van der Waals surface area contributed by atoms with Gasteiger partial charge in [-0.25, -0.2) is 4.39 Å². The summed E-state index contributed by atoms with van der Waals surface area (Å²) in [6.45, 7) is 5.25. The van der Waals surface area contributed by atoms with Crippen LogP contribution in [-0.2, 0) is 4.74 Å². The van der Waals surface area contributed by atoms with Crippen LogP contribution in [0.3, 0.4) is 0 Å². The minimum Gasteiger partial charge on any atom is -0.491 e. The van der Waals surface area contributed by atoms with E-state index in [4.69, 9.17) is 9.47 Å². The first-order chi connectivity index (χ1) is 17.6. The van der Waals surface area contributed by atoms with Crippen LogP contribution in [0.25, 0.3) is 16.5 Å². The number of fused-ring (bicyclic) bond motifs is 1. The molecule has 4 heterocycles. The third kappa shape index (κ3) is 4.62. The molecule has 0 aliphatic carbocycles. The molecular weight excluding hydrogens is 457 g/mol. The molecule has 3 saturated heterocycles. The number of nitrogens with zero attached hydrogens (tertiary/aromatic N) is 2. The Morgan fingerprint density at radius 1 is 1.06 bits per heavy atom. The number of aromatic nitrogens is 1. The molecule has 1 aromatic heterocycles. The maximum atomic E-state index is 15.3. The summed E-state index contributed by atoms with van der Waals surface area (Å²) >= 11 is 0. The largest absolute Gasteiger partial charge is 0.491 e. The standard InChI is InChI=1S/C29H34FN3O3/c30-26-19-22(3-6-27(26)32-15-10-29(11-16-32)8-12-31-13-9-29)33-14-7-21-18-23(4-5-25(21)28(33)34)36-20-24-2-1-17-35-24/h3-7,14,18-19,24,31H,1-2,8-13,15-17,20H2/t24-/m1/s1. The predicted octanol–water partition coefficient (Wildman–Crippen LogP) is 4.66. The smallest absolute Gasteiger partial charge is 0.262 e. The Bertz CT molecular complexity index is 1280. The average Bonchev–Trinajstić information content (AvgIpc) is 3.43. The molecule has 2 aromatic carbocycles. The highest BCUT2D eigenvalue weighted by atomic mass is 19.1. The summed E-state index contributed by atoms with van der Waals surface area (Å²) in [7, 11) is 0. The molecule has 0 radical (unpaired) electrons. The van der Waals surface area contributed by atoms with Crippen LogP contribution in [0.2, 0.25) is 0 Å². The summed E-state index contributed by atoms with van der Waals surface area (Å²) in [5, 5.41) is 4.83. The molecule has 6 rings (SSSR count). The summed E-state index contributed by atoms with van der Waals surface area (Å²) in [5.74, 6) is 0.442. The van der Waals surface area contributed by atoms with E-state index in [1.807, 2.05) is 30.3 Å². The minimum absolute atomic E-state index is 0.141. The fourth-order valence-electron chi connectivity index (χ4n) is 6.07. The van der Waals surface area contributed by atoms with E-state index >= 15 is 4.39 Å². The van der Waals surface area contributed by atoms with Crippen molar-refractivity contribution in [3.05, 3.63) is 64.8 Å². The van der Waals surface area contributed by atoms with Crippen LogP contribution >= 0.6 is 0 Å². The van der Waals surface area contributed by atoms with Crippen LogP contribution < -0.4 is 20.5 Å². The van der Waals surface area contributed by atoms with Crippen molar-refractivity contribution in [2.75, 3.05) is 44.3 Å². The number of pyridine rings is 1. The van der Waals surface area contributed by atoms with Crippen LogP contribution in [0, 0.1) is 11.2 Å². The fraction of sp³-hybridized carbons (Fsp3) is 0.483. The summed E-state index contributed by atoms with van der Waals surface area (Å²) < 4.78 is 28.3. The van der Waals surface area contributed by atoms with Crippen molar-refractivity contribution in [1.82, 2.24) is 9.88 Å². The van der Waals surface area contributed by atoms with Gasteiger partial charge in [0.05, 0.1) is 17.5 Å². The average molecular weight is 492 g/mol. The number of anilines is 1. The molecule has 0 bridgehead atoms. The van der Waals surface area contributed by atoms with E-state index in [2.05, 4.69) is 10.2 Å². The van der Waals surface area contributed by atoms with Crippen molar-refractivity contribution in [2.45, 2.75) is 44.6 Å². The number of ether oxygens (including phenoxy) is 2. The summed E-state index contributed by atoms with van der Waals surface area (Å²) in [4.78, 5) is 15.4. The maximum absolute atomic E-state index is 15.3. The van der Waals surface area contributed by atoms with Crippen LogP contribution in [0.1, 0.15) is 38.5 Å². The Balaban J connectivity index is 1.18. The fourth-order valence-corrected chi connectivity index (χ4v) is 6.07. The molecule has 0 saturated carbocycles. The van der Waals surface area contributed by atoms with Gasteiger partial charge in [-0.3, -0.25) is 9.36 Å². The molecule has 1 spiro atoms. The number of rotatable bonds is 5. The summed E-state index contributed by atoms with van der Waals surface area (Å²) in [5.41, 5.74) is 1.42. The van der Waals surface area contributed by atoms with Crippen LogP contribution in [0.15, 0.2) is 53.5 Å². The summed E-state index contributed by atoms with van der Waals surface area (Å²) in [6, 6.07) is 12.5. The lowest BCUT2D eigenvalue weighted by Gasteiger charge is -2.45. The lowest BCUT2D eigenvalue weighted by Crippen LogP contribution is -2.45. The Morgan fingerprint density at radius 3 is 2.64 bits per heavy atom.